The molecule has 2 atom stereocenters. The van der Waals surface area contributed by atoms with Crippen LogP contribution in [0.25, 0.3) is 0 Å². The van der Waals surface area contributed by atoms with Gasteiger partial charge >= 0.3 is 0 Å². The largest absolute Gasteiger partial charge is 0.354 e. The fraction of sp³-hybridized carbons (Fsp3) is 0.519. The molecule has 0 saturated heterocycles. The van der Waals surface area contributed by atoms with Crippen LogP contribution < -0.4 is 10.6 Å². The van der Waals surface area contributed by atoms with Gasteiger partial charge in [-0.25, -0.2) is 0 Å². The van der Waals surface area contributed by atoms with Crippen molar-refractivity contribution in [3.63, 3.8) is 0 Å². The average Bonchev–Trinajstić information content (AvgIpc) is 3.31. The average molecular weight is 450 g/mol. The summed E-state index contributed by atoms with van der Waals surface area (Å²) < 4.78 is 0. The summed E-state index contributed by atoms with van der Waals surface area (Å²) in [6, 6.07) is 7.57. The van der Waals surface area contributed by atoms with Crippen LogP contribution in [0, 0.1) is 12.3 Å². The Hall–Kier alpha value is -2.89. The van der Waals surface area contributed by atoms with E-state index in [2.05, 4.69) is 48.5 Å². The molecule has 2 amide bonds. The molecule has 0 saturated carbocycles. The fourth-order valence-electron chi connectivity index (χ4n) is 5.35. The number of carbonyl (C=O) groups is 3. The number of ketones is 1. The Labute approximate surface area is 195 Å². The minimum Gasteiger partial charge on any atom is -0.354 e. The molecule has 0 aliphatic heterocycles. The van der Waals surface area contributed by atoms with Crippen LogP contribution in [0.1, 0.15) is 102 Å². The number of rotatable bonds is 7. The molecular formula is C27H35N3O3. The molecule has 1 unspecified atom stereocenters. The molecule has 33 heavy (non-hydrogen) atoms. The van der Waals surface area contributed by atoms with Crippen molar-refractivity contribution in [3.8, 4) is 0 Å². The van der Waals surface area contributed by atoms with Crippen molar-refractivity contribution in [3.05, 3.63) is 57.9 Å². The Morgan fingerprint density at radius 2 is 1.97 bits per heavy atom. The number of benzene rings is 1. The van der Waals surface area contributed by atoms with Crippen molar-refractivity contribution in [2.45, 2.75) is 84.7 Å². The number of hydrogen-bond acceptors (Lipinski definition) is 3. The maximum atomic E-state index is 13.2. The minimum absolute atomic E-state index is 0.0193. The van der Waals surface area contributed by atoms with E-state index in [9.17, 15) is 14.4 Å². The Kier molecular flexibility index (Phi) is 6.46. The van der Waals surface area contributed by atoms with Gasteiger partial charge in [0.25, 0.3) is 5.91 Å². The van der Waals surface area contributed by atoms with E-state index < -0.39 is 6.04 Å². The number of fused-ring (bicyclic) bond motifs is 2. The molecule has 3 N–H and O–H groups in total. The van der Waals surface area contributed by atoms with Crippen LogP contribution in [0.4, 0.5) is 0 Å². The second-order valence-corrected chi connectivity index (χ2v) is 10.4. The minimum atomic E-state index is -0.614. The number of hydrogen-bond donors (Lipinski definition) is 3. The van der Waals surface area contributed by atoms with Gasteiger partial charge in [-0.15, -0.1) is 0 Å². The number of amides is 2. The van der Waals surface area contributed by atoms with E-state index in [-0.39, 0.29) is 29.1 Å². The lowest BCUT2D eigenvalue weighted by Gasteiger charge is -2.28. The highest BCUT2D eigenvalue weighted by molar-refractivity contribution is 6.05. The molecule has 4 rings (SSSR count). The van der Waals surface area contributed by atoms with E-state index in [1.165, 1.54) is 11.1 Å². The SMILES string of the molecule is CCCCC(NC(=O)c1[nH]c2c(c1C)C(=O)CC(C)(C)C2)C(=O)N[C@@H]1CCc2ccccc21. The molecule has 2 aliphatic carbocycles. The van der Waals surface area contributed by atoms with Crippen LogP contribution in [-0.4, -0.2) is 28.6 Å². The number of aryl methyl sites for hydroxylation is 1. The summed E-state index contributed by atoms with van der Waals surface area (Å²) in [5.41, 5.74) is 4.87. The summed E-state index contributed by atoms with van der Waals surface area (Å²) >= 11 is 0. The number of Topliss-reactive ketones (excluding diaryl/α,β-unsaturated/α-hetero) is 1. The van der Waals surface area contributed by atoms with Gasteiger partial charge in [0.1, 0.15) is 11.7 Å². The Balaban J connectivity index is 1.51. The number of aromatic nitrogens is 1. The van der Waals surface area contributed by atoms with Crippen molar-refractivity contribution in [2.24, 2.45) is 5.41 Å². The number of unbranched alkanes of at least 4 members (excludes halogenated alkanes) is 1. The normalized spacial score (nSPS) is 19.5. The van der Waals surface area contributed by atoms with Gasteiger partial charge in [0, 0.05) is 17.7 Å². The lowest BCUT2D eigenvalue weighted by atomic mass is 9.75. The highest BCUT2D eigenvalue weighted by atomic mass is 16.2. The van der Waals surface area contributed by atoms with Gasteiger partial charge in [-0.2, -0.15) is 0 Å². The standard InChI is InChI=1S/C27H35N3O3/c1-5-6-11-20(25(32)29-19-13-12-17-9-7-8-10-18(17)19)30-26(33)24-16(2)23-21(28-24)14-27(3,4)15-22(23)31/h7-10,19-20,28H,5-6,11-15H2,1-4H3,(H,29,32)(H,30,33)/t19-,20?/m1/s1. The van der Waals surface area contributed by atoms with Gasteiger partial charge in [0.05, 0.1) is 6.04 Å². The zero-order valence-corrected chi connectivity index (χ0v) is 20.1. The zero-order chi connectivity index (χ0) is 23.8. The highest BCUT2D eigenvalue weighted by Crippen LogP contribution is 2.36. The lowest BCUT2D eigenvalue weighted by molar-refractivity contribution is -0.123. The smallest absolute Gasteiger partial charge is 0.268 e. The Bertz CT molecular complexity index is 1080. The molecule has 6 nitrogen and oxygen atoms in total. The van der Waals surface area contributed by atoms with Crippen LogP contribution in [0.2, 0.25) is 0 Å². The summed E-state index contributed by atoms with van der Waals surface area (Å²) in [6.45, 7) is 8.02. The highest BCUT2D eigenvalue weighted by Gasteiger charge is 2.36. The predicted octanol–water partition coefficient (Wildman–Crippen LogP) is 4.57. The Morgan fingerprint density at radius 1 is 1.21 bits per heavy atom. The van der Waals surface area contributed by atoms with Crippen LogP contribution >= 0.6 is 0 Å². The summed E-state index contributed by atoms with van der Waals surface area (Å²) in [5, 5.41) is 6.12. The van der Waals surface area contributed by atoms with E-state index in [0.29, 0.717) is 29.7 Å². The molecule has 2 aromatic rings. The first-order chi connectivity index (χ1) is 15.7. The molecular weight excluding hydrogens is 414 g/mol. The quantitative estimate of drug-likeness (QED) is 0.578. The third-order valence-corrected chi connectivity index (χ3v) is 7.05. The van der Waals surface area contributed by atoms with Gasteiger partial charge < -0.3 is 15.6 Å². The second kappa shape index (κ2) is 9.16. The van der Waals surface area contributed by atoms with E-state index in [1.54, 1.807) is 0 Å². The molecule has 2 aliphatic rings. The maximum absolute atomic E-state index is 13.2. The topological polar surface area (TPSA) is 91.1 Å². The van der Waals surface area contributed by atoms with Crippen LogP contribution in [0.3, 0.4) is 0 Å². The maximum Gasteiger partial charge on any atom is 0.268 e. The van der Waals surface area contributed by atoms with Crippen LogP contribution in [0.5, 0.6) is 0 Å². The number of H-pyrrole nitrogens is 1. The molecule has 0 radical (unpaired) electrons. The van der Waals surface area contributed by atoms with Gasteiger partial charge in [-0.3, -0.25) is 14.4 Å². The van der Waals surface area contributed by atoms with Gasteiger partial charge in [0.15, 0.2) is 5.78 Å². The van der Waals surface area contributed by atoms with Crippen molar-refractivity contribution >= 4 is 17.6 Å². The summed E-state index contributed by atoms with van der Waals surface area (Å²) in [4.78, 5) is 42.4. The molecule has 0 spiro atoms. The van der Waals surface area contributed by atoms with Gasteiger partial charge in [0.2, 0.25) is 5.91 Å². The third kappa shape index (κ3) is 4.75. The van der Waals surface area contributed by atoms with E-state index in [4.69, 9.17) is 0 Å². The predicted molar refractivity (Wildman–Crippen MR) is 128 cm³/mol. The number of nitrogens with one attached hydrogen (secondary N) is 3. The molecule has 176 valence electrons. The molecule has 1 aromatic heterocycles. The lowest BCUT2D eigenvalue weighted by Crippen LogP contribution is -2.47. The van der Waals surface area contributed by atoms with Gasteiger partial charge in [-0.05, 0) is 54.7 Å². The van der Waals surface area contributed by atoms with E-state index in [1.807, 2.05) is 19.1 Å². The number of carbonyl (C=O) groups excluding carboxylic acids is 3. The van der Waals surface area contributed by atoms with E-state index >= 15 is 0 Å². The molecule has 6 heteroatoms. The third-order valence-electron chi connectivity index (χ3n) is 7.05. The summed E-state index contributed by atoms with van der Waals surface area (Å²) in [5.74, 6) is -0.394. The monoisotopic (exact) mass is 449 g/mol. The first-order valence-electron chi connectivity index (χ1n) is 12.1. The van der Waals surface area contributed by atoms with Crippen molar-refractivity contribution < 1.29 is 14.4 Å². The van der Waals surface area contributed by atoms with Crippen LogP contribution in [-0.2, 0) is 17.6 Å². The molecule has 1 heterocycles. The number of aromatic amines is 1. The molecule has 0 bridgehead atoms. The van der Waals surface area contributed by atoms with Gasteiger partial charge in [-0.1, -0.05) is 57.9 Å². The zero-order valence-electron chi connectivity index (χ0n) is 20.1. The van der Waals surface area contributed by atoms with Crippen molar-refractivity contribution in [1.82, 2.24) is 15.6 Å². The fourth-order valence-corrected chi connectivity index (χ4v) is 5.35. The molecule has 1 aromatic carbocycles. The van der Waals surface area contributed by atoms with Crippen molar-refractivity contribution in [2.75, 3.05) is 0 Å². The van der Waals surface area contributed by atoms with Crippen LogP contribution in [0.15, 0.2) is 24.3 Å². The first-order valence-corrected chi connectivity index (χ1v) is 12.1. The first kappa shape index (κ1) is 23.3. The van der Waals surface area contributed by atoms with E-state index in [0.717, 1.165) is 37.8 Å². The summed E-state index contributed by atoms with van der Waals surface area (Å²) in [7, 11) is 0. The molecule has 0 fully saturated rings. The summed E-state index contributed by atoms with van der Waals surface area (Å²) in [6.07, 6.45) is 5.38. The second-order valence-electron chi connectivity index (χ2n) is 10.4. The Morgan fingerprint density at radius 3 is 2.73 bits per heavy atom. The van der Waals surface area contributed by atoms with Crippen molar-refractivity contribution in [1.29, 1.82) is 0 Å².